The summed E-state index contributed by atoms with van der Waals surface area (Å²) in [7, 11) is 0. The second-order valence-electron chi connectivity index (χ2n) is 4.87. The Bertz CT molecular complexity index is 464. The van der Waals surface area contributed by atoms with Gasteiger partial charge in [0, 0.05) is 17.6 Å². The summed E-state index contributed by atoms with van der Waals surface area (Å²) in [6.45, 7) is 0. The molecule has 1 saturated carbocycles. The third kappa shape index (κ3) is 1.82. The maximum atomic E-state index is 10.7. The van der Waals surface area contributed by atoms with Crippen LogP contribution in [0.5, 0.6) is 0 Å². The molecule has 88 valence electrons. The first-order valence-corrected chi connectivity index (χ1v) is 6.00. The van der Waals surface area contributed by atoms with Crippen molar-refractivity contribution in [3.63, 3.8) is 0 Å². The van der Waals surface area contributed by atoms with Crippen molar-refractivity contribution in [2.24, 2.45) is 11.8 Å². The lowest BCUT2D eigenvalue weighted by molar-refractivity contribution is 0.0697. The minimum absolute atomic E-state index is 0.336. The van der Waals surface area contributed by atoms with Crippen LogP contribution in [0.4, 0.5) is 5.69 Å². The summed E-state index contributed by atoms with van der Waals surface area (Å²) in [5.41, 5.74) is 1.35. The molecule has 3 atom stereocenters. The average molecular weight is 229 g/mol. The van der Waals surface area contributed by atoms with Gasteiger partial charge in [0.05, 0.1) is 5.56 Å². The van der Waals surface area contributed by atoms with Crippen molar-refractivity contribution >= 4 is 11.7 Å². The number of fused-ring (bicyclic) bond motifs is 1. The Hall–Kier alpha value is -1.77. The minimum atomic E-state index is -0.876. The number of carboxylic acids is 1. The van der Waals surface area contributed by atoms with Gasteiger partial charge < -0.3 is 10.4 Å². The molecule has 0 aromatic heterocycles. The van der Waals surface area contributed by atoms with Gasteiger partial charge in [0.25, 0.3) is 0 Å². The normalized spacial score (nSPS) is 29.5. The van der Waals surface area contributed by atoms with E-state index in [1.807, 2.05) is 12.1 Å². The molecule has 3 rings (SSSR count). The molecule has 1 aromatic rings. The highest BCUT2D eigenvalue weighted by atomic mass is 16.4. The van der Waals surface area contributed by atoms with Gasteiger partial charge in [-0.15, -0.1) is 0 Å². The van der Waals surface area contributed by atoms with Gasteiger partial charge in [-0.25, -0.2) is 4.79 Å². The lowest BCUT2D eigenvalue weighted by Gasteiger charge is -2.41. The molecule has 0 amide bonds. The maximum Gasteiger partial charge on any atom is 0.335 e. The Morgan fingerprint density at radius 1 is 1.29 bits per heavy atom. The van der Waals surface area contributed by atoms with Crippen LogP contribution in [0.1, 0.15) is 23.2 Å². The molecule has 2 aliphatic rings. The van der Waals surface area contributed by atoms with E-state index in [2.05, 4.69) is 17.5 Å². The van der Waals surface area contributed by atoms with E-state index in [4.69, 9.17) is 5.11 Å². The zero-order valence-electron chi connectivity index (χ0n) is 9.47. The summed E-state index contributed by atoms with van der Waals surface area (Å²) in [6.07, 6.45) is 7.02. The van der Waals surface area contributed by atoms with Gasteiger partial charge in [-0.05, 0) is 43.0 Å². The van der Waals surface area contributed by atoms with Gasteiger partial charge in [-0.3, -0.25) is 0 Å². The number of anilines is 1. The molecule has 0 radical (unpaired) electrons. The molecule has 1 aromatic carbocycles. The van der Waals surface area contributed by atoms with Crippen molar-refractivity contribution in [1.82, 2.24) is 0 Å². The first-order valence-electron chi connectivity index (χ1n) is 6.00. The monoisotopic (exact) mass is 229 g/mol. The highest BCUT2D eigenvalue weighted by Crippen LogP contribution is 2.43. The molecule has 0 spiro atoms. The van der Waals surface area contributed by atoms with Crippen molar-refractivity contribution in [1.29, 1.82) is 0 Å². The zero-order chi connectivity index (χ0) is 11.8. The van der Waals surface area contributed by atoms with E-state index in [9.17, 15) is 4.79 Å². The number of aromatic carboxylic acids is 1. The molecule has 3 nitrogen and oxygen atoms in total. The van der Waals surface area contributed by atoms with E-state index in [0.717, 1.165) is 11.6 Å². The lowest BCUT2D eigenvalue weighted by atomic mass is 9.71. The summed E-state index contributed by atoms with van der Waals surface area (Å²) in [4.78, 5) is 10.7. The largest absolute Gasteiger partial charge is 0.478 e. The molecule has 3 unspecified atom stereocenters. The van der Waals surface area contributed by atoms with E-state index in [-0.39, 0.29) is 0 Å². The number of hydrogen-bond donors (Lipinski definition) is 2. The average Bonchev–Trinajstić information content (AvgIpc) is 2.68. The van der Waals surface area contributed by atoms with Crippen LogP contribution in [0.2, 0.25) is 0 Å². The summed E-state index contributed by atoms with van der Waals surface area (Å²) in [5.74, 6) is 0.638. The third-order valence-corrected chi connectivity index (χ3v) is 3.85. The zero-order valence-corrected chi connectivity index (χ0v) is 9.47. The fraction of sp³-hybridized carbons (Fsp3) is 0.357. The first-order chi connectivity index (χ1) is 8.24. The summed E-state index contributed by atoms with van der Waals surface area (Å²) in [6, 6.07) is 7.50. The Labute approximate surface area is 100 Å². The van der Waals surface area contributed by atoms with E-state index >= 15 is 0 Å². The summed E-state index contributed by atoms with van der Waals surface area (Å²) >= 11 is 0. The lowest BCUT2D eigenvalue weighted by Crippen LogP contribution is -2.43. The highest BCUT2D eigenvalue weighted by Gasteiger charge is 2.40. The number of benzene rings is 1. The molecule has 1 fully saturated rings. The number of allylic oxidation sites excluding steroid dienone is 1. The van der Waals surface area contributed by atoms with Crippen LogP contribution in [0.3, 0.4) is 0 Å². The molecule has 2 aliphatic carbocycles. The fourth-order valence-electron chi connectivity index (χ4n) is 2.81. The number of carboxylic acid groups (broad SMARTS) is 1. The van der Waals surface area contributed by atoms with Crippen LogP contribution in [-0.4, -0.2) is 17.1 Å². The Morgan fingerprint density at radius 3 is 2.71 bits per heavy atom. The van der Waals surface area contributed by atoms with Crippen molar-refractivity contribution in [3.8, 4) is 0 Å². The van der Waals surface area contributed by atoms with Gasteiger partial charge >= 0.3 is 5.97 Å². The molecule has 2 N–H and O–H groups in total. The van der Waals surface area contributed by atoms with E-state index < -0.39 is 5.97 Å². The molecule has 0 bridgehead atoms. The van der Waals surface area contributed by atoms with Crippen LogP contribution in [-0.2, 0) is 0 Å². The molecule has 0 heterocycles. The standard InChI is InChI=1S/C14H15NO2/c16-14(17)9-4-6-11(7-5-9)15-13-8-10-2-1-3-12(10)13/h1,3-7,10,12-13,15H,2,8H2,(H,16,17). The van der Waals surface area contributed by atoms with Gasteiger partial charge in [0.1, 0.15) is 0 Å². The highest BCUT2D eigenvalue weighted by molar-refractivity contribution is 5.88. The topological polar surface area (TPSA) is 49.3 Å². The van der Waals surface area contributed by atoms with Crippen LogP contribution in [0.15, 0.2) is 36.4 Å². The Balaban J connectivity index is 1.65. The van der Waals surface area contributed by atoms with Crippen molar-refractivity contribution in [3.05, 3.63) is 42.0 Å². The van der Waals surface area contributed by atoms with Crippen molar-refractivity contribution in [2.45, 2.75) is 18.9 Å². The maximum absolute atomic E-state index is 10.7. The molecular formula is C14H15NO2. The number of nitrogens with one attached hydrogen (secondary N) is 1. The van der Waals surface area contributed by atoms with Crippen molar-refractivity contribution < 1.29 is 9.90 Å². The minimum Gasteiger partial charge on any atom is -0.478 e. The summed E-state index contributed by atoms with van der Waals surface area (Å²) < 4.78 is 0. The quantitative estimate of drug-likeness (QED) is 0.783. The van der Waals surface area contributed by atoms with Gasteiger partial charge in [0.15, 0.2) is 0 Å². The third-order valence-electron chi connectivity index (χ3n) is 3.85. The molecule has 0 saturated heterocycles. The van der Waals surface area contributed by atoms with E-state index in [1.54, 1.807) is 12.1 Å². The van der Waals surface area contributed by atoms with E-state index in [0.29, 0.717) is 17.5 Å². The Kier molecular flexibility index (Phi) is 2.39. The summed E-state index contributed by atoms with van der Waals surface area (Å²) in [5, 5.41) is 12.3. The second-order valence-corrected chi connectivity index (χ2v) is 4.87. The molecule has 17 heavy (non-hydrogen) atoms. The van der Waals surface area contributed by atoms with Gasteiger partial charge in [0.2, 0.25) is 0 Å². The smallest absolute Gasteiger partial charge is 0.335 e. The number of carbonyl (C=O) groups is 1. The predicted octanol–water partition coefficient (Wildman–Crippen LogP) is 2.76. The van der Waals surface area contributed by atoms with Gasteiger partial charge in [-0.2, -0.15) is 0 Å². The first kappa shape index (κ1) is 10.4. The number of rotatable bonds is 3. The fourth-order valence-corrected chi connectivity index (χ4v) is 2.81. The SMILES string of the molecule is O=C(O)c1ccc(NC2CC3CC=CC32)cc1. The second kappa shape index (κ2) is 3.91. The molecule has 0 aliphatic heterocycles. The predicted molar refractivity (Wildman–Crippen MR) is 66.2 cm³/mol. The van der Waals surface area contributed by atoms with Crippen LogP contribution < -0.4 is 5.32 Å². The van der Waals surface area contributed by atoms with Crippen LogP contribution in [0.25, 0.3) is 0 Å². The number of hydrogen-bond acceptors (Lipinski definition) is 2. The molecular weight excluding hydrogens is 214 g/mol. The van der Waals surface area contributed by atoms with Crippen LogP contribution in [0, 0.1) is 11.8 Å². The van der Waals surface area contributed by atoms with Crippen molar-refractivity contribution in [2.75, 3.05) is 5.32 Å². The Morgan fingerprint density at radius 2 is 2.06 bits per heavy atom. The van der Waals surface area contributed by atoms with Gasteiger partial charge in [-0.1, -0.05) is 12.2 Å². The molecule has 3 heteroatoms. The van der Waals surface area contributed by atoms with E-state index in [1.165, 1.54) is 12.8 Å². The van der Waals surface area contributed by atoms with Crippen LogP contribution >= 0.6 is 0 Å².